The molecule has 0 saturated carbocycles. The molecule has 2 N–H and O–H groups in total. The number of hydrogen-bond donors (Lipinski definition) is 2. The van der Waals surface area contributed by atoms with E-state index in [9.17, 15) is 15.3 Å². The van der Waals surface area contributed by atoms with E-state index in [4.69, 9.17) is 32.6 Å². The van der Waals surface area contributed by atoms with Crippen LogP contribution in [0.5, 0.6) is 5.75 Å². The molecular weight excluding hydrogens is 526 g/mol. The highest BCUT2D eigenvalue weighted by Gasteiger charge is 2.27. The van der Waals surface area contributed by atoms with E-state index in [-0.39, 0.29) is 23.0 Å². The number of hydrogen-bond acceptors (Lipinski definition) is 9. The summed E-state index contributed by atoms with van der Waals surface area (Å²) in [5, 5.41) is 20.3. The zero-order valence-electron chi connectivity index (χ0n) is 22.2. The molecule has 2 aromatic heterocycles. The Balaban J connectivity index is 1.59. The average Bonchev–Trinajstić information content (AvgIpc) is 3.34. The Labute approximate surface area is 237 Å². The lowest BCUT2D eigenvalue weighted by molar-refractivity contribution is -0.0796. The highest BCUT2D eigenvalue weighted by Crippen LogP contribution is 2.40. The number of nitrogens with two attached hydrogens (primary N) is 1. The molecule has 4 aromatic rings. The van der Waals surface area contributed by atoms with Gasteiger partial charge in [-0.2, -0.15) is 23.2 Å². The molecular formula is C30H27N5O4S. The number of ether oxygens (including phenoxy) is 3. The zero-order valence-corrected chi connectivity index (χ0v) is 23.1. The number of fused-ring (bicyclic) bond motifs is 1. The summed E-state index contributed by atoms with van der Waals surface area (Å²) in [6.45, 7) is 6.49. The summed E-state index contributed by atoms with van der Waals surface area (Å²) in [4.78, 5) is 17.3. The van der Waals surface area contributed by atoms with Crippen molar-refractivity contribution < 1.29 is 19.0 Å². The number of nitrogens with zero attached hydrogens (tertiary/aromatic N) is 4. The Morgan fingerprint density at radius 3 is 2.42 bits per heavy atom. The largest absolute Gasteiger partial charge is 0.486 e. The third kappa shape index (κ3) is 5.07. The first kappa shape index (κ1) is 27.1. The molecule has 1 aliphatic heterocycles. The van der Waals surface area contributed by atoms with Crippen LogP contribution in [-0.2, 0) is 9.47 Å². The van der Waals surface area contributed by atoms with Gasteiger partial charge in [-0.1, -0.05) is 24.3 Å². The number of rotatable bonds is 5. The maximum Gasteiger partial charge on any atom is 0.418 e. The molecule has 1 unspecified atom stereocenters. The predicted molar refractivity (Wildman–Crippen MR) is 153 cm³/mol. The van der Waals surface area contributed by atoms with Gasteiger partial charge in [-0.25, -0.2) is 9.78 Å². The Kier molecular flexibility index (Phi) is 7.16. The molecule has 0 radical (unpaired) electrons. The SMILES string of the molecule is CC(C)(C)OC(=O)n1ccc2c(C(S)c3nc(N)c(C#N)c(-c4ccc(OC5COC5)cc4)c3C#N)cccc21. The minimum Gasteiger partial charge on any atom is -0.486 e. The number of benzene rings is 2. The Bertz CT molecular complexity index is 1690. The van der Waals surface area contributed by atoms with E-state index in [0.29, 0.717) is 46.9 Å². The van der Waals surface area contributed by atoms with Crippen molar-refractivity contribution in [3.63, 3.8) is 0 Å². The quantitative estimate of drug-likeness (QED) is 0.304. The maximum atomic E-state index is 12.8. The fourth-order valence-electron chi connectivity index (χ4n) is 4.56. The van der Waals surface area contributed by atoms with E-state index in [1.807, 2.05) is 6.07 Å². The Morgan fingerprint density at radius 2 is 1.82 bits per heavy atom. The standard InChI is InChI=1S/C30H27N5O4S/c1-30(2,3)39-29(36)35-12-11-20-21(5-4-6-24(20)35)27(40)26-22(13-31)25(23(14-32)28(33)34-26)17-7-9-18(10-8-17)38-19-15-37-16-19/h4-12,19,27,40H,15-16H2,1-3H3,(H2,33,34). The molecule has 0 amide bonds. The third-order valence-corrected chi connectivity index (χ3v) is 6.96. The smallest absolute Gasteiger partial charge is 0.418 e. The summed E-state index contributed by atoms with van der Waals surface area (Å²) in [5.41, 5.74) is 8.55. The molecule has 40 heavy (non-hydrogen) atoms. The lowest BCUT2D eigenvalue weighted by atomic mass is 9.92. The Hall–Kier alpha value is -4.51. The maximum absolute atomic E-state index is 12.8. The van der Waals surface area contributed by atoms with Crippen molar-refractivity contribution in [2.75, 3.05) is 18.9 Å². The lowest BCUT2D eigenvalue weighted by Crippen LogP contribution is -2.38. The molecule has 0 aliphatic carbocycles. The van der Waals surface area contributed by atoms with Gasteiger partial charge in [-0.05, 0) is 56.2 Å². The highest BCUT2D eigenvalue weighted by molar-refractivity contribution is 7.80. The van der Waals surface area contributed by atoms with Gasteiger partial charge in [0.25, 0.3) is 0 Å². The van der Waals surface area contributed by atoms with Crippen LogP contribution in [0.25, 0.3) is 22.0 Å². The molecule has 0 bridgehead atoms. The van der Waals surface area contributed by atoms with Gasteiger partial charge in [0.2, 0.25) is 0 Å². The summed E-state index contributed by atoms with van der Waals surface area (Å²) in [7, 11) is 0. The number of carbonyl (C=O) groups excluding carboxylic acids is 1. The van der Waals surface area contributed by atoms with Gasteiger partial charge in [-0.3, -0.25) is 4.57 Å². The van der Waals surface area contributed by atoms with Crippen LogP contribution in [0.2, 0.25) is 0 Å². The van der Waals surface area contributed by atoms with E-state index >= 15 is 0 Å². The number of aromatic nitrogens is 2. The molecule has 5 rings (SSSR count). The lowest BCUT2D eigenvalue weighted by Gasteiger charge is -2.26. The van der Waals surface area contributed by atoms with Crippen LogP contribution in [0.4, 0.5) is 10.6 Å². The van der Waals surface area contributed by atoms with Gasteiger partial charge in [0.15, 0.2) is 0 Å². The molecule has 9 nitrogen and oxygen atoms in total. The average molecular weight is 554 g/mol. The topological polar surface area (TPSA) is 136 Å². The highest BCUT2D eigenvalue weighted by atomic mass is 32.1. The summed E-state index contributed by atoms with van der Waals surface area (Å²) < 4.78 is 18.0. The molecule has 3 heterocycles. The Morgan fingerprint density at radius 1 is 1.12 bits per heavy atom. The van der Waals surface area contributed by atoms with Crippen LogP contribution in [-0.4, -0.2) is 40.6 Å². The van der Waals surface area contributed by atoms with Gasteiger partial charge in [0.1, 0.15) is 41.0 Å². The monoisotopic (exact) mass is 553 g/mol. The van der Waals surface area contributed by atoms with Crippen LogP contribution in [0, 0.1) is 22.7 Å². The van der Waals surface area contributed by atoms with E-state index in [0.717, 1.165) is 5.39 Å². The number of carbonyl (C=O) groups is 1. The fraction of sp³-hybridized carbons (Fsp3) is 0.267. The number of thiol groups is 1. The summed E-state index contributed by atoms with van der Waals surface area (Å²) >= 11 is 4.87. The molecule has 1 saturated heterocycles. The third-order valence-electron chi connectivity index (χ3n) is 6.44. The van der Waals surface area contributed by atoms with Gasteiger partial charge >= 0.3 is 6.09 Å². The molecule has 0 spiro atoms. The molecule has 2 aromatic carbocycles. The van der Waals surface area contributed by atoms with Crippen molar-refractivity contribution in [1.29, 1.82) is 10.5 Å². The minimum absolute atomic E-state index is 0.00371. The normalized spacial score (nSPS) is 14.2. The first-order valence-electron chi connectivity index (χ1n) is 12.6. The predicted octanol–water partition coefficient (Wildman–Crippen LogP) is 5.61. The van der Waals surface area contributed by atoms with Crippen LogP contribution in [0.3, 0.4) is 0 Å². The zero-order chi connectivity index (χ0) is 28.6. The van der Waals surface area contributed by atoms with E-state index in [2.05, 4.69) is 17.1 Å². The van der Waals surface area contributed by atoms with Crippen molar-refractivity contribution in [2.24, 2.45) is 0 Å². The number of nitriles is 2. The number of anilines is 1. The van der Waals surface area contributed by atoms with Crippen molar-refractivity contribution in [2.45, 2.75) is 37.7 Å². The van der Waals surface area contributed by atoms with Gasteiger partial charge in [0, 0.05) is 17.1 Å². The fourth-order valence-corrected chi connectivity index (χ4v) is 4.97. The molecule has 202 valence electrons. The van der Waals surface area contributed by atoms with Crippen LogP contribution < -0.4 is 10.5 Å². The van der Waals surface area contributed by atoms with Crippen LogP contribution in [0.15, 0.2) is 54.7 Å². The number of pyridine rings is 1. The van der Waals surface area contributed by atoms with Gasteiger partial charge < -0.3 is 19.9 Å². The second kappa shape index (κ2) is 10.6. The minimum atomic E-state index is -0.692. The molecule has 1 fully saturated rings. The van der Waals surface area contributed by atoms with Gasteiger partial charge in [0.05, 0.1) is 35.2 Å². The summed E-state index contributed by atoms with van der Waals surface area (Å²) in [6, 6.07) is 18.7. The van der Waals surface area contributed by atoms with Crippen molar-refractivity contribution >= 4 is 35.4 Å². The summed E-state index contributed by atoms with van der Waals surface area (Å²) in [5.74, 6) is 0.653. The molecule has 10 heteroatoms. The van der Waals surface area contributed by atoms with Crippen molar-refractivity contribution in [3.05, 3.63) is 77.1 Å². The van der Waals surface area contributed by atoms with Crippen LogP contribution in [0.1, 0.15) is 48.4 Å². The second-order valence-electron chi connectivity index (χ2n) is 10.4. The van der Waals surface area contributed by atoms with Crippen molar-refractivity contribution in [3.8, 4) is 29.0 Å². The summed E-state index contributed by atoms with van der Waals surface area (Å²) in [6.07, 6.45) is 1.14. The van der Waals surface area contributed by atoms with Gasteiger partial charge in [-0.15, -0.1) is 0 Å². The first-order chi connectivity index (χ1) is 19.1. The van der Waals surface area contributed by atoms with E-state index in [1.165, 1.54) is 4.57 Å². The molecule has 1 atom stereocenters. The van der Waals surface area contributed by atoms with E-state index < -0.39 is 16.9 Å². The molecule has 1 aliphatic rings. The van der Waals surface area contributed by atoms with Crippen molar-refractivity contribution in [1.82, 2.24) is 9.55 Å². The van der Waals surface area contributed by atoms with Crippen LogP contribution >= 0.6 is 12.6 Å². The second-order valence-corrected chi connectivity index (χ2v) is 10.9. The number of nitrogen functional groups attached to an aromatic ring is 1. The first-order valence-corrected chi connectivity index (χ1v) is 13.1. The van der Waals surface area contributed by atoms with E-state index in [1.54, 1.807) is 69.4 Å².